The van der Waals surface area contributed by atoms with Crippen molar-refractivity contribution >= 4 is 71.2 Å². The molecule has 35 heavy (non-hydrogen) atoms. The van der Waals surface area contributed by atoms with Crippen molar-refractivity contribution in [2.45, 2.75) is 19.9 Å². The van der Waals surface area contributed by atoms with Gasteiger partial charge in [-0.25, -0.2) is 9.79 Å². The second-order valence-electron chi connectivity index (χ2n) is 7.30. The van der Waals surface area contributed by atoms with Crippen LogP contribution < -0.4 is 24.4 Å². The first-order valence-electron chi connectivity index (χ1n) is 10.3. The van der Waals surface area contributed by atoms with Crippen LogP contribution in [0.5, 0.6) is 11.5 Å². The molecule has 0 saturated carbocycles. The molecule has 184 valence electrons. The zero-order chi connectivity index (χ0) is 25.4. The van der Waals surface area contributed by atoms with E-state index in [4.69, 9.17) is 18.6 Å². The maximum Gasteiger partial charge on any atom is 0.338 e. The van der Waals surface area contributed by atoms with Gasteiger partial charge in [-0.3, -0.25) is 9.36 Å². The van der Waals surface area contributed by atoms with E-state index in [0.29, 0.717) is 47.0 Å². The van der Waals surface area contributed by atoms with Crippen LogP contribution in [0.2, 0.25) is 0 Å². The normalized spacial score (nSPS) is 15.6. The zero-order valence-corrected chi connectivity index (χ0v) is 24.6. The Balaban J connectivity index is 2.01. The number of furan rings is 1. The van der Waals surface area contributed by atoms with Gasteiger partial charge in [0.1, 0.15) is 5.76 Å². The molecule has 0 fully saturated rings. The molecule has 0 aliphatic carbocycles. The lowest BCUT2D eigenvalue weighted by Crippen LogP contribution is -2.40. The summed E-state index contributed by atoms with van der Waals surface area (Å²) in [4.78, 5) is 31.8. The molecule has 1 aliphatic rings. The number of halogens is 3. The molecule has 3 heterocycles. The number of carbonyl (C=O) groups is 1. The number of nitrogens with zero attached hydrogens (tertiary/aromatic N) is 2. The number of aromatic nitrogens is 1. The highest BCUT2D eigenvalue weighted by atomic mass is 79.9. The van der Waals surface area contributed by atoms with Crippen molar-refractivity contribution in [3.8, 4) is 11.5 Å². The number of methoxy groups -OCH3 is 2. The molecule has 0 radical (unpaired) electrons. The lowest BCUT2D eigenvalue weighted by Gasteiger charge is -2.26. The fourth-order valence-corrected chi connectivity index (χ4v) is 5.90. The molecule has 0 N–H and O–H groups in total. The first kappa shape index (κ1) is 25.9. The molecule has 0 bridgehead atoms. The van der Waals surface area contributed by atoms with E-state index in [-0.39, 0.29) is 17.7 Å². The Morgan fingerprint density at radius 3 is 2.46 bits per heavy atom. The quantitative estimate of drug-likeness (QED) is 0.349. The third-order valence-corrected chi connectivity index (χ3v) is 8.63. The highest BCUT2D eigenvalue weighted by Gasteiger charge is 2.35. The standard InChI is InChI=1S/C23H19Br3N2O6S/c1-5-33-22(30)18-10(2)27-23-28(19(18)12-8-15(31-3)16(32-4)9-13(12)24)21(29)17(35-23)7-11-6-14(25)20(26)34-11/h6-9,19H,5H2,1-4H3/b17-7+/t19-/m0/s1. The Kier molecular flexibility index (Phi) is 7.74. The number of allylic oxidation sites excluding steroid dienone is 1. The van der Waals surface area contributed by atoms with Gasteiger partial charge in [0.05, 0.1) is 47.1 Å². The fourth-order valence-electron chi connectivity index (χ4n) is 3.73. The fraction of sp³-hybridized carbons (Fsp3) is 0.261. The van der Waals surface area contributed by atoms with Crippen molar-refractivity contribution in [1.82, 2.24) is 4.57 Å². The van der Waals surface area contributed by atoms with E-state index in [1.54, 1.807) is 38.1 Å². The van der Waals surface area contributed by atoms with E-state index in [9.17, 15) is 9.59 Å². The Bertz CT molecular complexity index is 1520. The monoisotopic (exact) mass is 688 g/mol. The Hall–Kier alpha value is -2.15. The summed E-state index contributed by atoms with van der Waals surface area (Å²) in [5, 5.41) is 0. The van der Waals surface area contributed by atoms with Crippen LogP contribution >= 0.6 is 59.1 Å². The minimum absolute atomic E-state index is 0.183. The van der Waals surface area contributed by atoms with Gasteiger partial charge in [0.2, 0.25) is 0 Å². The summed E-state index contributed by atoms with van der Waals surface area (Å²) in [6.45, 7) is 3.64. The smallest absolute Gasteiger partial charge is 0.338 e. The minimum atomic E-state index is -0.809. The summed E-state index contributed by atoms with van der Waals surface area (Å²) in [7, 11) is 3.06. The number of ether oxygens (including phenoxy) is 3. The number of benzene rings is 1. The third-order valence-electron chi connectivity index (χ3n) is 5.25. The van der Waals surface area contributed by atoms with Crippen LogP contribution in [0.1, 0.15) is 31.2 Å². The van der Waals surface area contributed by atoms with E-state index in [2.05, 4.69) is 52.8 Å². The third kappa shape index (κ3) is 4.81. The predicted molar refractivity (Wildman–Crippen MR) is 142 cm³/mol. The Labute approximate surface area is 229 Å². The Morgan fingerprint density at radius 1 is 1.17 bits per heavy atom. The molecule has 0 unspecified atom stereocenters. The lowest BCUT2D eigenvalue weighted by molar-refractivity contribution is -0.139. The van der Waals surface area contributed by atoms with Gasteiger partial charge in [0.15, 0.2) is 21.0 Å². The van der Waals surface area contributed by atoms with Crippen LogP contribution in [0.25, 0.3) is 6.08 Å². The average molecular weight is 691 g/mol. The van der Waals surface area contributed by atoms with Crippen LogP contribution in [-0.2, 0) is 9.53 Å². The van der Waals surface area contributed by atoms with Crippen molar-refractivity contribution < 1.29 is 23.4 Å². The summed E-state index contributed by atoms with van der Waals surface area (Å²) in [5.41, 5.74) is 1.03. The molecule has 0 spiro atoms. The van der Waals surface area contributed by atoms with E-state index in [1.807, 2.05) is 0 Å². The summed E-state index contributed by atoms with van der Waals surface area (Å²) in [6.07, 6.45) is 1.64. The topological polar surface area (TPSA) is 92.3 Å². The second-order valence-corrected chi connectivity index (χ2v) is 10.7. The number of esters is 1. The molecule has 2 aromatic heterocycles. The van der Waals surface area contributed by atoms with Gasteiger partial charge in [-0.15, -0.1) is 0 Å². The number of hydrogen-bond donors (Lipinski definition) is 0. The van der Waals surface area contributed by atoms with E-state index >= 15 is 0 Å². The molecular formula is C23H19Br3N2O6S. The second kappa shape index (κ2) is 10.5. The van der Waals surface area contributed by atoms with Crippen molar-refractivity contribution in [2.24, 2.45) is 4.99 Å². The molecular weight excluding hydrogens is 672 g/mol. The molecule has 1 atom stereocenters. The van der Waals surface area contributed by atoms with Gasteiger partial charge in [0.25, 0.3) is 5.56 Å². The largest absolute Gasteiger partial charge is 0.493 e. The van der Waals surface area contributed by atoms with Crippen molar-refractivity contribution in [3.63, 3.8) is 0 Å². The van der Waals surface area contributed by atoms with Gasteiger partial charge < -0.3 is 18.6 Å². The van der Waals surface area contributed by atoms with E-state index in [0.717, 1.165) is 4.47 Å². The number of carbonyl (C=O) groups excluding carboxylic acids is 1. The van der Waals surface area contributed by atoms with E-state index < -0.39 is 12.0 Å². The van der Waals surface area contributed by atoms with Crippen LogP contribution in [0.4, 0.5) is 0 Å². The maximum atomic E-state index is 13.7. The first-order valence-corrected chi connectivity index (χ1v) is 13.5. The van der Waals surface area contributed by atoms with Crippen molar-refractivity contribution in [2.75, 3.05) is 20.8 Å². The summed E-state index contributed by atoms with van der Waals surface area (Å²) in [6, 6.07) is 4.42. The van der Waals surface area contributed by atoms with Crippen molar-refractivity contribution in [3.05, 3.63) is 74.1 Å². The number of fused-ring (bicyclic) bond motifs is 1. The van der Waals surface area contributed by atoms with Crippen molar-refractivity contribution in [1.29, 1.82) is 0 Å². The van der Waals surface area contributed by atoms with Crippen LogP contribution in [0, 0.1) is 0 Å². The SMILES string of the molecule is CCOC(=O)C1=C(C)N=c2s/c(=C/c3cc(Br)c(Br)o3)c(=O)n2[C@H]1c1cc(OC)c(OC)cc1Br. The molecule has 0 amide bonds. The molecule has 3 aromatic rings. The number of rotatable bonds is 6. The lowest BCUT2D eigenvalue weighted by atomic mass is 9.95. The highest BCUT2D eigenvalue weighted by molar-refractivity contribution is 9.13. The Morgan fingerprint density at radius 2 is 1.86 bits per heavy atom. The van der Waals surface area contributed by atoms with Gasteiger partial charge in [-0.1, -0.05) is 27.3 Å². The zero-order valence-electron chi connectivity index (χ0n) is 19.0. The molecule has 4 rings (SSSR count). The van der Waals surface area contributed by atoms with Gasteiger partial charge in [-0.2, -0.15) is 0 Å². The summed E-state index contributed by atoms with van der Waals surface area (Å²) in [5.74, 6) is 0.895. The van der Waals surface area contributed by atoms with Crippen LogP contribution in [-0.4, -0.2) is 31.4 Å². The minimum Gasteiger partial charge on any atom is -0.493 e. The molecule has 1 aliphatic heterocycles. The molecule has 0 saturated heterocycles. The molecule has 8 nitrogen and oxygen atoms in total. The number of thiazole rings is 1. The first-order chi connectivity index (χ1) is 16.7. The maximum absolute atomic E-state index is 13.7. The van der Waals surface area contributed by atoms with Gasteiger partial charge >= 0.3 is 5.97 Å². The van der Waals surface area contributed by atoms with Crippen LogP contribution in [0.15, 0.2) is 57.3 Å². The summed E-state index contributed by atoms with van der Waals surface area (Å²) < 4.78 is 25.6. The molecule has 12 heteroatoms. The molecule has 1 aromatic carbocycles. The highest BCUT2D eigenvalue weighted by Crippen LogP contribution is 2.40. The van der Waals surface area contributed by atoms with Gasteiger partial charge in [0, 0.05) is 10.5 Å². The summed E-state index contributed by atoms with van der Waals surface area (Å²) >= 11 is 11.5. The number of hydrogen-bond acceptors (Lipinski definition) is 8. The average Bonchev–Trinajstić information content (AvgIpc) is 3.30. The van der Waals surface area contributed by atoms with Crippen LogP contribution in [0.3, 0.4) is 0 Å². The predicted octanol–water partition coefficient (Wildman–Crippen LogP) is 4.70. The van der Waals surface area contributed by atoms with E-state index in [1.165, 1.54) is 30.1 Å². The van der Waals surface area contributed by atoms with Gasteiger partial charge in [-0.05, 0) is 69.5 Å².